The molecule has 1 aliphatic rings. The molecule has 2 heterocycles. The van der Waals surface area contributed by atoms with Gasteiger partial charge in [0, 0.05) is 30.4 Å². The van der Waals surface area contributed by atoms with E-state index in [0.29, 0.717) is 18.7 Å². The topological polar surface area (TPSA) is 68.5 Å². The van der Waals surface area contributed by atoms with Crippen molar-refractivity contribution in [1.29, 1.82) is 0 Å². The number of nitrogens with zero attached hydrogens (tertiary/aromatic N) is 2. The summed E-state index contributed by atoms with van der Waals surface area (Å²) in [6.45, 7) is 3.98. The second-order valence-electron chi connectivity index (χ2n) is 4.57. The van der Waals surface area contributed by atoms with E-state index in [9.17, 15) is 4.79 Å². The number of rotatable bonds is 4. The van der Waals surface area contributed by atoms with Gasteiger partial charge in [-0.05, 0) is 41.8 Å². The molecular formula is C13H18BrN3O2. The van der Waals surface area contributed by atoms with Crippen molar-refractivity contribution in [2.24, 2.45) is 0 Å². The van der Waals surface area contributed by atoms with Crippen molar-refractivity contribution in [2.75, 3.05) is 25.4 Å². The Hall–Kier alpha value is -1.14. The molecule has 1 aliphatic heterocycles. The normalized spacial score (nSPS) is 18.5. The molecule has 19 heavy (non-hydrogen) atoms. The van der Waals surface area contributed by atoms with E-state index in [1.54, 1.807) is 17.2 Å². The molecule has 6 heteroatoms. The predicted molar refractivity (Wildman–Crippen MR) is 76.9 cm³/mol. The molecule has 1 aromatic heterocycles. The van der Waals surface area contributed by atoms with Crippen molar-refractivity contribution in [3.63, 3.8) is 0 Å². The molecule has 1 saturated heterocycles. The molecule has 1 unspecified atom stereocenters. The summed E-state index contributed by atoms with van der Waals surface area (Å²) >= 11 is 3.31. The van der Waals surface area contributed by atoms with Crippen LogP contribution in [0, 0.1) is 0 Å². The Balaban J connectivity index is 2.12. The Morgan fingerprint density at radius 1 is 1.68 bits per heavy atom. The van der Waals surface area contributed by atoms with E-state index in [0.717, 1.165) is 23.9 Å². The number of likely N-dealkylation sites (N-methyl/N-ethyl adjacent to an activating group) is 1. The molecule has 0 saturated carbocycles. The maximum absolute atomic E-state index is 12.5. The van der Waals surface area contributed by atoms with Crippen LogP contribution in [0.15, 0.2) is 16.7 Å². The summed E-state index contributed by atoms with van der Waals surface area (Å²) in [7, 11) is 0. The zero-order valence-corrected chi connectivity index (χ0v) is 12.5. The minimum atomic E-state index is -0.0932. The van der Waals surface area contributed by atoms with Crippen LogP contribution in [0.2, 0.25) is 0 Å². The van der Waals surface area contributed by atoms with Crippen molar-refractivity contribution in [2.45, 2.75) is 25.9 Å². The SMILES string of the molecule is CCN(CC1CCCO1)C(=O)c1cc(Br)cnc1N. The average Bonchev–Trinajstić information content (AvgIpc) is 2.91. The van der Waals surface area contributed by atoms with Gasteiger partial charge in [0.1, 0.15) is 5.82 Å². The fourth-order valence-corrected chi connectivity index (χ4v) is 2.51. The first-order valence-corrected chi connectivity index (χ1v) is 7.23. The maximum Gasteiger partial charge on any atom is 0.257 e. The molecule has 2 rings (SSSR count). The number of carbonyl (C=O) groups is 1. The highest BCUT2D eigenvalue weighted by molar-refractivity contribution is 9.10. The van der Waals surface area contributed by atoms with Crippen molar-refractivity contribution < 1.29 is 9.53 Å². The van der Waals surface area contributed by atoms with Gasteiger partial charge in [-0.15, -0.1) is 0 Å². The molecular weight excluding hydrogens is 310 g/mol. The Labute approximate surface area is 121 Å². The Kier molecular flexibility index (Phi) is 4.76. The van der Waals surface area contributed by atoms with Crippen molar-refractivity contribution in [1.82, 2.24) is 9.88 Å². The first-order valence-electron chi connectivity index (χ1n) is 6.43. The third-order valence-corrected chi connectivity index (χ3v) is 3.67. The van der Waals surface area contributed by atoms with E-state index < -0.39 is 0 Å². The highest BCUT2D eigenvalue weighted by Crippen LogP contribution is 2.19. The molecule has 1 aromatic rings. The van der Waals surface area contributed by atoms with Crippen LogP contribution in [-0.2, 0) is 4.74 Å². The van der Waals surface area contributed by atoms with E-state index in [1.807, 2.05) is 6.92 Å². The van der Waals surface area contributed by atoms with Crippen LogP contribution in [-0.4, -0.2) is 41.6 Å². The summed E-state index contributed by atoms with van der Waals surface area (Å²) in [4.78, 5) is 18.2. The zero-order chi connectivity index (χ0) is 13.8. The summed E-state index contributed by atoms with van der Waals surface area (Å²) in [6, 6.07) is 1.71. The summed E-state index contributed by atoms with van der Waals surface area (Å²) in [5, 5.41) is 0. The van der Waals surface area contributed by atoms with E-state index in [1.165, 1.54) is 0 Å². The molecule has 0 radical (unpaired) electrons. The predicted octanol–water partition coefficient (Wildman–Crippen LogP) is 2.07. The van der Waals surface area contributed by atoms with Gasteiger partial charge in [0.15, 0.2) is 0 Å². The van der Waals surface area contributed by atoms with Gasteiger partial charge in [0.2, 0.25) is 0 Å². The third-order valence-electron chi connectivity index (χ3n) is 3.23. The van der Waals surface area contributed by atoms with Crippen LogP contribution in [0.1, 0.15) is 30.1 Å². The molecule has 104 valence electrons. The number of hydrogen-bond donors (Lipinski definition) is 1. The first-order chi connectivity index (χ1) is 9.11. The number of hydrogen-bond acceptors (Lipinski definition) is 4. The van der Waals surface area contributed by atoms with Crippen LogP contribution >= 0.6 is 15.9 Å². The first kappa shape index (κ1) is 14.3. The minimum absolute atomic E-state index is 0.0932. The van der Waals surface area contributed by atoms with E-state index in [-0.39, 0.29) is 17.8 Å². The van der Waals surface area contributed by atoms with E-state index in [2.05, 4.69) is 20.9 Å². The summed E-state index contributed by atoms with van der Waals surface area (Å²) < 4.78 is 6.32. The Morgan fingerprint density at radius 3 is 3.11 bits per heavy atom. The monoisotopic (exact) mass is 327 g/mol. The summed E-state index contributed by atoms with van der Waals surface area (Å²) in [5.74, 6) is 0.170. The fraction of sp³-hybridized carbons (Fsp3) is 0.538. The molecule has 0 aliphatic carbocycles. The molecule has 5 nitrogen and oxygen atoms in total. The lowest BCUT2D eigenvalue weighted by Gasteiger charge is -2.24. The lowest BCUT2D eigenvalue weighted by molar-refractivity contribution is 0.0539. The lowest BCUT2D eigenvalue weighted by atomic mass is 10.2. The summed E-state index contributed by atoms with van der Waals surface area (Å²) in [6.07, 6.45) is 3.81. The number of nitrogen functional groups attached to an aromatic ring is 1. The van der Waals surface area contributed by atoms with Crippen molar-refractivity contribution in [3.8, 4) is 0 Å². The second-order valence-corrected chi connectivity index (χ2v) is 5.48. The standard InChI is InChI=1S/C13H18BrN3O2/c1-2-17(8-10-4-3-5-19-10)13(18)11-6-9(14)7-16-12(11)15/h6-7,10H,2-5,8H2,1H3,(H2,15,16). The van der Waals surface area contributed by atoms with E-state index in [4.69, 9.17) is 10.5 Å². The molecule has 2 N–H and O–H groups in total. The minimum Gasteiger partial charge on any atom is -0.383 e. The maximum atomic E-state index is 12.5. The van der Waals surface area contributed by atoms with Crippen molar-refractivity contribution >= 4 is 27.7 Å². The van der Waals surface area contributed by atoms with Gasteiger partial charge in [-0.2, -0.15) is 0 Å². The van der Waals surface area contributed by atoms with Crippen LogP contribution in [0.3, 0.4) is 0 Å². The van der Waals surface area contributed by atoms with Gasteiger partial charge in [0.05, 0.1) is 11.7 Å². The number of amides is 1. The van der Waals surface area contributed by atoms with Gasteiger partial charge in [-0.1, -0.05) is 0 Å². The van der Waals surface area contributed by atoms with Gasteiger partial charge < -0.3 is 15.4 Å². The smallest absolute Gasteiger partial charge is 0.257 e. The highest BCUT2D eigenvalue weighted by atomic mass is 79.9. The van der Waals surface area contributed by atoms with E-state index >= 15 is 0 Å². The van der Waals surface area contributed by atoms with Crippen LogP contribution < -0.4 is 5.73 Å². The molecule has 1 atom stereocenters. The molecule has 1 fully saturated rings. The van der Waals surface area contributed by atoms with Crippen LogP contribution in [0.25, 0.3) is 0 Å². The largest absolute Gasteiger partial charge is 0.383 e. The molecule has 0 bridgehead atoms. The van der Waals surface area contributed by atoms with Gasteiger partial charge >= 0.3 is 0 Å². The quantitative estimate of drug-likeness (QED) is 0.919. The van der Waals surface area contributed by atoms with Crippen molar-refractivity contribution in [3.05, 3.63) is 22.3 Å². The Bertz CT molecular complexity index is 461. The van der Waals surface area contributed by atoms with Crippen LogP contribution in [0.5, 0.6) is 0 Å². The fourth-order valence-electron chi connectivity index (χ4n) is 2.18. The van der Waals surface area contributed by atoms with Gasteiger partial charge in [0.25, 0.3) is 5.91 Å². The number of pyridine rings is 1. The van der Waals surface area contributed by atoms with Gasteiger partial charge in [-0.3, -0.25) is 4.79 Å². The molecule has 1 amide bonds. The third kappa shape index (κ3) is 3.45. The number of aromatic nitrogens is 1. The second kappa shape index (κ2) is 6.34. The zero-order valence-electron chi connectivity index (χ0n) is 10.9. The summed E-state index contributed by atoms with van der Waals surface area (Å²) in [5.41, 5.74) is 6.22. The number of anilines is 1. The number of halogens is 1. The molecule has 0 spiro atoms. The average molecular weight is 328 g/mol. The number of carbonyl (C=O) groups excluding carboxylic acids is 1. The molecule has 0 aromatic carbocycles. The Morgan fingerprint density at radius 2 is 2.47 bits per heavy atom. The highest BCUT2D eigenvalue weighted by Gasteiger charge is 2.23. The number of nitrogens with two attached hydrogens (primary N) is 1. The van der Waals surface area contributed by atoms with Gasteiger partial charge in [-0.25, -0.2) is 4.98 Å². The number of ether oxygens (including phenoxy) is 1. The van der Waals surface area contributed by atoms with Crippen LogP contribution in [0.4, 0.5) is 5.82 Å². The lowest BCUT2D eigenvalue weighted by Crippen LogP contribution is -2.37.